The minimum absolute atomic E-state index is 0.0694. The Labute approximate surface area is 85.8 Å². The molecule has 2 unspecified atom stereocenters. The molecule has 0 aromatic heterocycles. The lowest BCUT2D eigenvalue weighted by Gasteiger charge is -2.38. The average Bonchev–Trinajstić information content (AvgIpc) is 2.52. The SMILES string of the molecule is C=C1C2(NC(C)=O)CCC(C2)C1(C)C. The first-order valence-electron chi connectivity index (χ1n) is 5.37. The molecule has 1 amide bonds. The quantitative estimate of drug-likeness (QED) is 0.636. The van der Waals surface area contributed by atoms with Gasteiger partial charge in [0, 0.05) is 6.92 Å². The average molecular weight is 193 g/mol. The highest BCUT2D eigenvalue weighted by Crippen LogP contribution is 2.60. The van der Waals surface area contributed by atoms with Crippen molar-refractivity contribution < 1.29 is 4.79 Å². The molecular formula is C12H19NO. The molecule has 0 aromatic rings. The summed E-state index contributed by atoms with van der Waals surface area (Å²) in [6.45, 7) is 10.3. The molecule has 78 valence electrons. The highest BCUT2D eigenvalue weighted by atomic mass is 16.1. The second-order valence-electron chi connectivity index (χ2n) is 5.40. The van der Waals surface area contributed by atoms with Crippen molar-refractivity contribution in [2.75, 3.05) is 0 Å². The van der Waals surface area contributed by atoms with Crippen molar-refractivity contribution in [2.24, 2.45) is 11.3 Å². The fourth-order valence-corrected chi connectivity index (χ4v) is 3.32. The smallest absolute Gasteiger partial charge is 0.217 e. The first kappa shape index (κ1) is 9.75. The van der Waals surface area contributed by atoms with E-state index in [2.05, 4.69) is 25.7 Å². The summed E-state index contributed by atoms with van der Waals surface area (Å²) in [6.07, 6.45) is 3.41. The second-order valence-corrected chi connectivity index (χ2v) is 5.40. The standard InChI is InChI=1S/C12H19NO/c1-8-11(3,4)10-5-6-12(8,7-10)13-9(2)14/h10H,1,5-7H2,2-4H3,(H,13,14). The largest absolute Gasteiger partial charge is 0.347 e. The first-order valence-corrected chi connectivity index (χ1v) is 5.37. The van der Waals surface area contributed by atoms with E-state index in [0.29, 0.717) is 5.92 Å². The molecular weight excluding hydrogens is 174 g/mol. The van der Waals surface area contributed by atoms with E-state index in [1.807, 2.05) is 0 Å². The Hall–Kier alpha value is -0.790. The second kappa shape index (κ2) is 2.62. The van der Waals surface area contributed by atoms with E-state index >= 15 is 0 Å². The molecule has 0 heterocycles. The Bertz CT molecular complexity index is 305. The van der Waals surface area contributed by atoms with Crippen molar-refractivity contribution in [3.63, 3.8) is 0 Å². The molecule has 2 bridgehead atoms. The summed E-state index contributed by atoms with van der Waals surface area (Å²) in [5.41, 5.74) is 1.37. The van der Waals surface area contributed by atoms with Gasteiger partial charge >= 0.3 is 0 Å². The topological polar surface area (TPSA) is 29.1 Å². The Balaban J connectivity index is 2.30. The number of carbonyl (C=O) groups excluding carboxylic acids is 1. The van der Waals surface area contributed by atoms with E-state index in [1.165, 1.54) is 12.0 Å². The highest BCUT2D eigenvalue weighted by Gasteiger charge is 2.57. The van der Waals surface area contributed by atoms with E-state index in [9.17, 15) is 4.79 Å². The third kappa shape index (κ3) is 1.06. The van der Waals surface area contributed by atoms with Gasteiger partial charge in [-0.15, -0.1) is 0 Å². The molecule has 2 atom stereocenters. The van der Waals surface area contributed by atoms with Crippen LogP contribution >= 0.6 is 0 Å². The van der Waals surface area contributed by atoms with Crippen LogP contribution in [0.25, 0.3) is 0 Å². The number of nitrogens with one attached hydrogen (secondary N) is 1. The van der Waals surface area contributed by atoms with Gasteiger partial charge in [-0.3, -0.25) is 4.79 Å². The van der Waals surface area contributed by atoms with Crippen molar-refractivity contribution in [1.29, 1.82) is 0 Å². The van der Waals surface area contributed by atoms with Crippen molar-refractivity contribution >= 4 is 5.91 Å². The van der Waals surface area contributed by atoms with Crippen LogP contribution in [0, 0.1) is 11.3 Å². The van der Waals surface area contributed by atoms with Gasteiger partial charge in [-0.1, -0.05) is 20.4 Å². The van der Waals surface area contributed by atoms with Crippen LogP contribution in [0.1, 0.15) is 40.0 Å². The van der Waals surface area contributed by atoms with Crippen molar-refractivity contribution in [1.82, 2.24) is 5.32 Å². The molecule has 2 aliphatic carbocycles. The third-order valence-electron chi connectivity index (χ3n) is 4.31. The van der Waals surface area contributed by atoms with Crippen LogP contribution in [0.2, 0.25) is 0 Å². The van der Waals surface area contributed by atoms with Gasteiger partial charge in [-0.25, -0.2) is 0 Å². The molecule has 2 aliphatic rings. The van der Waals surface area contributed by atoms with Gasteiger partial charge in [0.1, 0.15) is 0 Å². The lowest BCUT2D eigenvalue weighted by atomic mass is 9.71. The summed E-state index contributed by atoms with van der Waals surface area (Å²) in [5, 5.41) is 3.11. The fourth-order valence-electron chi connectivity index (χ4n) is 3.32. The zero-order chi connectivity index (χ0) is 10.6. The van der Waals surface area contributed by atoms with Crippen LogP contribution in [-0.4, -0.2) is 11.4 Å². The van der Waals surface area contributed by atoms with E-state index < -0.39 is 0 Å². The minimum atomic E-state index is -0.0694. The number of rotatable bonds is 1. The Morgan fingerprint density at radius 2 is 2.21 bits per heavy atom. The molecule has 0 aromatic carbocycles. The van der Waals surface area contributed by atoms with Gasteiger partial charge in [0.05, 0.1) is 5.54 Å². The van der Waals surface area contributed by atoms with Crippen LogP contribution in [-0.2, 0) is 4.79 Å². The third-order valence-corrected chi connectivity index (χ3v) is 4.31. The lowest BCUT2D eigenvalue weighted by molar-refractivity contribution is -0.120. The van der Waals surface area contributed by atoms with Gasteiger partial charge in [0.25, 0.3) is 0 Å². The minimum Gasteiger partial charge on any atom is -0.347 e. The molecule has 2 rings (SSSR count). The fraction of sp³-hybridized carbons (Fsp3) is 0.750. The van der Waals surface area contributed by atoms with Gasteiger partial charge in [0.2, 0.25) is 5.91 Å². The Morgan fingerprint density at radius 3 is 2.64 bits per heavy atom. The van der Waals surface area contributed by atoms with Crippen molar-refractivity contribution in [3.8, 4) is 0 Å². The molecule has 1 N–H and O–H groups in total. The number of carbonyl (C=O) groups is 1. The summed E-state index contributed by atoms with van der Waals surface area (Å²) in [4.78, 5) is 11.2. The summed E-state index contributed by atoms with van der Waals surface area (Å²) in [6, 6.07) is 0. The summed E-state index contributed by atoms with van der Waals surface area (Å²) in [7, 11) is 0. The van der Waals surface area contributed by atoms with E-state index in [0.717, 1.165) is 12.8 Å². The lowest BCUT2D eigenvalue weighted by Crippen LogP contribution is -2.47. The number of hydrogen-bond acceptors (Lipinski definition) is 1. The Morgan fingerprint density at radius 1 is 1.57 bits per heavy atom. The monoisotopic (exact) mass is 193 g/mol. The maximum absolute atomic E-state index is 11.2. The molecule has 2 fully saturated rings. The maximum atomic E-state index is 11.2. The van der Waals surface area contributed by atoms with Crippen LogP contribution in [0.3, 0.4) is 0 Å². The summed E-state index contributed by atoms with van der Waals surface area (Å²) in [5.74, 6) is 0.784. The molecule has 0 aliphatic heterocycles. The number of hydrogen-bond donors (Lipinski definition) is 1. The Kier molecular flexibility index (Phi) is 1.82. The van der Waals surface area contributed by atoms with Crippen molar-refractivity contribution in [2.45, 2.75) is 45.6 Å². The van der Waals surface area contributed by atoms with Crippen LogP contribution < -0.4 is 5.32 Å². The van der Waals surface area contributed by atoms with Gasteiger partial charge in [-0.2, -0.15) is 0 Å². The van der Waals surface area contributed by atoms with Crippen LogP contribution in [0.15, 0.2) is 12.2 Å². The van der Waals surface area contributed by atoms with E-state index in [-0.39, 0.29) is 16.9 Å². The molecule has 2 saturated carbocycles. The zero-order valence-corrected chi connectivity index (χ0v) is 9.31. The number of amides is 1. The summed E-state index contributed by atoms with van der Waals surface area (Å²) >= 11 is 0. The van der Waals surface area contributed by atoms with E-state index in [4.69, 9.17) is 0 Å². The highest BCUT2D eigenvalue weighted by molar-refractivity contribution is 5.75. The van der Waals surface area contributed by atoms with Gasteiger partial charge < -0.3 is 5.32 Å². The van der Waals surface area contributed by atoms with Crippen LogP contribution in [0.4, 0.5) is 0 Å². The van der Waals surface area contributed by atoms with E-state index in [1.54, 1.807) is 6.92 Å². The molecule has 0 radical (unpaired) electrons. The van der Waals surface area contributed by atoms with Gasteiger partial charge in [-0.05, 0) is 36.2 Å². The molecule has 14 heavy (non-hydrogen) atoms. The number of fused-ring (bicyclic) bond motifs is 2. The molecule has 0 spiro atoms. The van der Waals surface area contributed by atoms with Crippen LogP contribution in [0.5, 0.6) is 0 Å². The van der Waals surface area contributed by atoms with Crippen molar-refractivity contribution in [3.05, 3.63) is 12.2 Å². The van der Waals surface area contributed by atoms with Gasteiger partial charge in [0.15, 0.2) is 0 Å². The predicted molar refractivity (Wildman–Crippen MR) is 56.8 cm³/mol. The molecule has 2 heteroatoms. The molecule has 0 saturated heterocycles. The summed E-state index contributed by atoms with van der Waals surface area (Å²) < 4.78 is 0. The maximum Gasteiger partial charge on any atom is 0.217 e. The normalized spacial score (nSPS) is 38.8. The predicted octanol–water partition coefficient (Wildman–Crippen LogP) is 2.26. The zero-order valence-electron chi connectivity index (χ0n) is 9.31. The molecule has 2 nitrogen and oxygen atoms in total. The first-order chi connectivity index (χ1) is 6.38.